The molecule has 1 heterocycles. The number of carbonyl (C=O) groups excluding carboxylic acids is 1. The summed E-state index contributed by atoms with van der Waals surface area (Å²) in [6.07, 6.45) is 0.0610. The van der Waals surface area contributed by atoms with Crippen molar-refractivity contribution in [3.63, 3.8) is 0 Å². The van der Waals surface area contributed by atoms with Gasteiger partial charge in [0.2, 0.25) is 5.88 Å². The van der Waals surface area contributed by atoms with Gasteiger partial charge in [-0.05, 0) is 66.9 Å². The Hall–Kier alpha value is -4.64. The molecule has 2 unspecified atom stereocenters. The van der Waals surface area contributed by atoms with Crippen molar-refractivity contribution in [2.45, 2.75) is 38.9 Å². The quantitative estimate of drug-likeness (QED) is 0.152. The summed E-state index contributed by atoms with van der Waals surface area (Å²) in [5.74, 6) is 0.640. The van der Waals surface area contributed by atoms with Gasteiger partial charge in [-0.25, -0.2) is 4.79 Å². The normalized spacial score (nSPS) is 14.6. The fourth-order valence-electron chi connectivity index (χ4n) is 4.68. The maximum Gasteiger partial charge on any atom is 0.352 e. The predicted octanol–water partition coefficient (Wildman–Crippen LogP) is 7.73. The van der Waals surface area contributed by atoms with E-state index < -0.39 is 18.0 Å². The highest BCUT2D eigenvalue weighted by Gasteiger charge is 2.31. The number of nitrogens with two attached hydrogens (primary N) is 1. The van der Waals surface area contributed by atoms with Gasteiger partial charge in [0.1, 0.15) is 41.2 Å². The van der Waals surface area contributed by atoms with Crippen LogP contribution < -0.4 is 24.7 Å². The van der Waals surface area contributed by atoms with E-state index in [2.05, 4.69) is 13.0 Å². The molecule has 0 aliphatic carbocycles. The lowest BCUT2D eigenvalue weighted by Crippen LogP contribution is -2.28. The first kappa shape index (κ1) is 29.8. The van der Waals surface area contributed by atoms with Crippen LogP contribution in [0.4, 0.5) is 0 Å². The van der Waals surface area contributed by atoms with Gasteiger partial charge in [-0.2, -0.15) is 5.26 Å². The van der Waals surface area contributed by atoms with Crippen LogP contribution in [-0.2, 0) is 17.8 Å². The van der Waals surface area contributed by atoms with E-state index in [0.29, 0.717) is 32.9 Å². The lowest BCUT2D eigenvalue weighted by atomic mass is 9.83. The van der Waals surface area contributed by atoms with Gasteiger partial charge in [0.05, 0.1) is 5.92 Å². The molecule has 4 aromatic carbocycles. The first-order valence-electron chi connectivity index (χ1n) is 13.6. The largest absolute Gasteiger partial charge is 0.489 e. The van der Waals surface area contributed by atoms with Crippen LogP contribution >= 0.6 is 23.2 Å². The second kappa shape index (κ2) is 13.1. The van der Waals surface area contributed by atoms with E-state index in [1.165, 1.54) is 5.56 Å². The van der Waals surface area contributed by atoms with Gasteiger partial charge in [-0.1, -0.05) is 66.5 Å². The maximum atomic E-state index is 12.8. The van der Waals surface area contributed by atoms with Gasteiger partial charge in [0, 0.05) is 27.2 Å². The van der Waals surface area contributed by atoms with Crippen molar-refractivity contribution < 1.29 is 23.7 Å². The van der Waals surface area contributed by atoms with Gasteiger partial charge in [-0.15, -0.1) is 0 Å². The molecule has 0 fully saturated rings. The SMILES string of the molecule is CCc1ccc(OC(C)C(=O)Oc2ccc3c(c2)OC(N)=C(C#N)C3c2cccc(OCc3ccc(Cl)cc3Cl)c2)cc1. The van der Waals surface area contributed by atoms with Gasteiger partial charge >= 0.3 is 5.97 Å². The highest BCUT2D eigenvalue weighted by molar-refractivity contribution is 6.35. The Bertz CT molecular complexity index is 1730. The Balaban J connectivity index is 1.34. The molecule has 9 heteroatoms. The molecule has 5 rings (SSSR count). The predicted molar refractivity (Wildman–Crippen MR) is 165 cm³/mol. The molecule has 0 amide bonds. The maximum absolute atomic E-state index is 12.8. The molecule has 1 aliphatic rings. The third kappa shape index (κ3) is 6.89. The Kier molecular flexibility index (Phi) is 9.10. The van der Waals surface area contributed by atoms with Crippen LogP contribution in [0.3, 0.4) is 0 Å². The number of esters is 1. The average Bonchev–Trinajstić information content (AvgIpc) is 3.00. The van der Waals surface area contributed by atoms with Crippen molar-refractivity contribution in [1.82, 2.24) is 0 Å². The van der Waals surface area contributed by atoms with Crippen molar-refractivity contribution in [3.8, 4) is 29.1 Å². The standard InChI is InChI=1S/C34H28Cl2N2O5/c1-3-21-7-11-25(12-8-21)41-20(2)34(39)42-27-13-14-28-31(17-27)43-33(38)29(18-37)32(28)22-5-4-6-26(15-22)40-19-23-9-10-24(35)16-30(23)36/h4-17,20,32H,3,19,38H2,1-2H3. The first-order valence-corrected chi connectivity index (χ1v) is 14.4. The average molecular weight is 616 g/mol. The molecular weight excluding hydrogens is 587 g/mol. The van der Waals surface area contributed by atoms with Crippen LogP contribution in [0, 0.1) is 11.3 Å². The molecule has 0 aromatic heterocycles. The van der Waals surface area contributed by atoms with Gasteiger partial charge in [-0.3, -0.25) is 0 Å². The topological polar surface area (TPSA) is 104 Å². The summed E-state index contributed by atoms with van der Waals surface area (Å²) >= 11 is 12.3. The number of carbonyl (C=O) groups is 1. The Morgan fingerprint density at radius 1 is 1.00 bits per heavy atom. The minimum Gasteiger partial charge on any atom is -0.489 e. The second-order valence-corrected chi connectivity index (χ2v) is 10.7. The van der Waals surface area contributed by atoms with E-state index in [9.17, 15) is 10.1 Å². The number of fused-ring (bicyclic) bond motifs is 1. The number of allylic oxidation sites excluding steroid dienone is 1. The summed E-state index contributed by atoms with van der Waals surface area (Å²) < 4.78 is 23.2. The fraction of sp³-hybridized carbons (Fsp3) is 0.176. The molecular formula is C34H28Cl2N2O5. The van der Waals surface area contributed by atoms with Crippen LogP contribution in [0.25, 0.3) is 0 Å². The van der Waals surface area contributed by atoms with E-state index in [4.69, 9.17) is 47.9 Å². The minimum absolute atomic E-state index is 0.0324. The number of nitriles is 1. The molecule has 218 valence electrons. The summed E-state index contributed by atoms with van der Waals surface area (Å²) in [5.41, 5.74) is 9.85. The third-order valence-corrected chi connectivity index (χ3v) is 7.57. The third-order valence-electron chi connectivity index (χ3n) is 6.99. The molecule has 2 atom stereocenters. The number of nitrogens with zero attached hydrogens (tertiary/aromatic N) is 1. The lowest BCUT2D eigenvalue weighted by Gasteiger charge is -2.27. The van der Waals surface area contributed by atoms with Crippen molar-refractivity contribution >= 4 is 29.2 Å². The molecule has 2 N–H and O–H groups in total. The van der Waals surface area contributed by atoms with Crippen molar-refractivity contribution in [2.75, 3.05) is 0 Å². The highest BCUT2D eigenvalue weighted by atomic mass is 35.5. The Morgan fingerprint density at radius 3 is 2.49 bits per heavy atom. The summed E-state index contributed by atoms with van der Waals surface area (Å²) in [4.78, 5) is 12.8. The summed E-state index contributed by atoms with van der Waals surface area (Å²) in [5, 5.41) is 11.0. The zero-order chi connectivity index (χ0) is 30.5. The van der Waals surface area contributed by atoms with Gasteiger partial charge in [0.15, 0.2) is 6.10 Å². The number of halogens is 2. The van der Waals surface area contributed by atoms with Gasteiger partial charge < -0.3 is 24.7 Å². The second-order valence-electron chi connectivity index (χ2n) is 9.90. The van der Waals surface area contributed by atoms with E-state index >= 15 is 0 Å². The number of benzene rings is 4. The van der Waals surface area contributed by atoms with Crippen LogP contribution in [-0.4, -0.2) is 12.1 Å². The van der Waals surface area contributed by atoms with E-state index in [0.717, 1.165) is 17.5 Å². The van der Waals surface area contributed by atoms with Crippen LogP contribution in [0.5, 0.6) is 23.0 Å². The number of ether oxygens (including phenoxy) is 4. The highest BCUT2D eigenvalue weighted by Crippen LogP contribution is 2.44. The number of hydrogen-bond donors (Lipinski definition) is 1. The molecule has 1 aliphatic heterocycles. The van der Waals surface area contributed by atoms with Crippen molar-refractivity contribution in [3.05, 3.63) is 129 Å². The van der Waals surface area contributed by atoms with Crippen LogP contribution in [0.15, 0.2) is 96.4 Å². The fourth-order valence-corrected chi connectivity index (χ4v) is 5.14. The van der Waals surface area contributed by atoms with Gasteiger partial charge in [0.25, 0.3) is 0 Å². The smallest absolute Gasteiger partial charge is 0.352 e. The first-order chi connectivity index (χ1) is 20.7. The summed E-state index contributed by atoms with van der Waals surface area (Å²) in [7, 11) is 0. The van der Waals surface area contributed by atoms with Crippen molar-refractivity contribution in [1.29, 1.82) is 5.26 Å². The molecule has 7 nitrogen and oxygen atoms in total. The Labute approximate surface area is 260 Å². The van der Waals surface area contributed by atoms with Crippen LogP contribution in [0.2, 0.25) is 10.0 Å². The number of hydrogen-bond acceptors (Lipinski definition) is 7. The Morgan fingerprint density at radius 2 is 1.77 bits per heavy atom. The number of rotatable bonds is 9. The van der Waals surface area contributed by atoms with Crippen LogP contribution in [0.1, 0.15) is 42.0 Å². The van der Waals surface area contributed by atoms with E-state index in [1.54, 1.807) is 43.3 Å². The molecule has 0 spiro atoms. The molecule has 4 aromatic rings. The summed E-state index contributed by atoms with van der Waals surface area (Å²) in [6, 6.07) is 27.3. The molecule has 0 saturated carbocycles. The van der Waals surface area contributed by atoms with E-state index in [1.807, 2.05) is 48.5 Å². The molecule has 0 saturated heterocycles. The lowest BCUT2D eigenvalue weighted by molar-refractivity contribution is -0.141. The molecule has 0 radical (unpaired) electrons. The zero-order valence-corrected chi connectivity index (χ0v) is 25.0. The zero-order valence-electron chi connectivity index (χ0n) is 23.5. The molecule has 43 heavy (non-hydrogen) atoms. The van der Waals surface area contributed by atoms with Crippen molar-refractivity contribution in [2.24, 2.45) is 5.73 Å². The summed E-state index contributed by atoms with van der Waals surface area (Å²) in [6.45, 7) is 3.92. The number of aryl methyl sites for hydroxylation is 1. The minimum atomic E-state index is -0.849. The van der Waals surface area contributed by atoms with E-state index in [-0.39, 0.29) is 23.8 Å². The monoisotopic (exact) mass is 614 g/mol. The molecule has 0 bridgehead atoms.